The van der Waals surface area contributed by atoms with Gasteiger partial charge in [0.15, 0.2) is 0 Å². The molecule has 2 aromatic rings. The standard InChI is InChI=1S/C33H47N7O9/c34-28(33(48)36-49-24-27-4-2-1-3-5-27)18-25-6-8-26(9-7-25)19-35-29(41)20-37-10-12-38(21-30(42)43)14-16-40(23-32(46)47)17-15-39(13-11-37)22-31(44)45/h1-9,28H,10-24,34H2,(H,35,41)(H,36,48)(H,42,43)(H,44,45)(H,46,47). The molecule has 2 amide bonds. The van der Waals surface area contributed by atoms with Crippen molar-refractivity contribution in [2.24, 2.45) is 5.73 Å². The van der Waals surface area contributed by atoms with Gasteiger partial charge in [-0.15, -0.1) is 0 Å². The zero-order valence-corrected chi connectivity index (χ0v) is 27.5. The minimum Gasteiger partial charge on any atom is -0.480 e. The lowest BCUT2D eigenvalue weighted by Crippen LogP contribution is -2.49. The largest absolute Gasteiger partial charge is 0.480 e. The number of rotatable bonds is 16. The third kappa shape index (κ3) is 16.0. The second kappa shape index (κ2) is 20.8. The maximum atomic E-state index is 13.0. The summed E-state index contributed by atoms with van der Waals surface area (Å²) in [5, 5.41) is 31.0. The number of carbonyl (C=O) groups is 5. The van der Waals surface area contributed by atoms with E-state index in [0.717, 1.165) is 16.7 Å². The number of carboxylic acids is 3. The molecule has 16 nitrogen and oxygen atoms in total. The average molecular weight is 686 g/mol. The van der Waals surface area contributed by atoms with Gasteiger partial charge in [-0.2, -0.15) is 0 Å². The Kier molecular flexibility index (Phi) is 16.6. The molecule has 268 valence electrons. The molecular weight excluding hydrogens is 638 g/mol. The Morgan fingerprint density at radius 1 is 0.633 bits per heavy atom. The van der Waals surface area contributed by atoms with Crippen molar-refractivity contribution in [2.45, 2.75) is 25.6 Å². The molecule has 3 rings (SSSR count). The highest BCUT2D eigenvalue weighted by molar-refractivity contribution is 5.80. The van der Waals surface area contributed by atoms with E-state index in [1.54, 1.807) is 14.7 Å². The van der Waals surface area contributed by atoms with Crippen LogP contribution in [0.25, 0.3) is 0 Å². The van der Waals surface area contributed by atoms with Gasteiger partial charge >= 0.3 is 17.9 Å². The van der Waals surface area contributed by atoms with Crippen molar-refractivity contribution < 1.29 is 44.1 Å². The number of carboxylic acid groups (broad SMARTS) is 3. The Bertz CT molecular complexity index is 1330. The van der Waals surface area contributed by atoms with Gasteiger partial charge in [0.05, 0.1) is 38.8 Å². The summed E-state index contributed by atoms with van der Waals surface area (Å²) >= 11 is 0. The van der Waals surface area contributed by atoms with Crippen LogP contribution < -0.4 is 16.5 Å². The molecule has 1 aliphatic rings. The summed E-state index contributed by atoms with van der Waals surface area (Å²) in [6.45, 7) is 2.29. The van der Waals surface area contributed by atoms with Crippen LogP contribution in [0.5, 0.6) is 0 Å². The van der Waals surface area contributed by atoms with Crippen molar-refractivity contribution in [3.8, 4) is 0 Å². The molecule has 49 heavy (non-hydrogen) atoms. The third-order valence-corrected chi connectivity index (χ3v) is 7.93. The van der Waals surface area contributed by atoms with E-state index in [-0.39, 0.29) is 51.7 Å². The van der Waals surface area contributed by atoms with E-state index in [4.69, 9.17) is 10.6 Å². The molecule has 0 spiro atoms. The lowest BCUT2D eigenvalue weighted by atomic mass is 10.0. The lowest BCUT2D eigenvalue weighted by molar-refractivity contribution is -0.140. The number of hydrogen-bond acceptors (Lipinski definition) is 11. The molecular formula is C33H47N7O9. The maximum Gasteiger partial charge on any atom is 0.317 e. The van der Waals surface area contributed by atoms with Crippen LogP contribution in [-0.2, 0) is 48.4 Å². The molecule has 2 aromatic carbocycles. The van der Waals surface area contributed by atoms with Crippen molar-refractivity contribution in [1.82, 2.24) is 30.4 Å². The molecule has 1 unspecified atom stereocenters. The number of hydrogen-bond donors (Lipinski definition) is 6. The number of carbonyl (C=O) groups excluding carboxylic acids is 2. The van der Waals surface area contributed by atoms with Crippen LogP contribution in [0.2, 0.25) is 0 Å². The Morgan fingerprint density at radius 3 is 1.51 bits per heavy atom. The monoisotopic (exact) mass is 685 g/mol. The Labute approximate surface area is 285 Å². The minimum atomic E-state index is -1.02. The van der Waals surface area contributed by atoms with Crippen molar-refractivity contribution in [3.63, 3.8) is 0 Å². The van der Waals surface area contributed by atoms with Crippen LogP contribution in [-0.4, -0.2) is 149 Å². The van der Waals surface area contributed by atoms with E-state index in [1.165, 1.54) is 0 Å². The number of aliphatic carboxylic acids is 3. The predicted molar refractivity (Wildman–Crippen MR) is 178 cm³/mol. The fourth-order valence-electron chi connectivity index (χ4n) is 5.22. The summed E-state index contributed by atoms with van der Waals surface area (Å²) in [6.07, 6.45) is 0.289. The Hall–Kier alpha value is -4.45. The van der Waals surface area contributed by atoms with Crippen LogP contribution in [0.15, 0.2) is 54.6 Å². The highest BCUT2D eigenvalue weighted by Crippen LogP contribution is 2.08. The second-order valence-corrected chi connectivity index (χ2v) is 11.9. The summed E-state index contributed by atoms with van der Waals surface area (Å²) in [6, 6.07) is 15.9. The number of nitrogens with two attached hydrogens (primary N) is 1. The maximum absolute atomic E-state index is 13.0. The Balaban J connectivity index is 1.51. The van der Waals surface area contributed by atoms with Gasteiger partial charge in [-0.1, -0.05) is 54.6 Å². The summed E-state index contributed by atoms with van der Waals surface area (Å²) < 4.78 is 0. The number of nitrogens with one attached hydrogen (secondary N) is 2. The average Bonchev–Trinajstić information content (AvgIpc) is 3.05. The molecule has 0 radical (unpaired) electrons. The minimum absolute atomic E-state index is 0.0152. The van der Waals surface area contributed by atoms with Crippen LogP contribution in [0.4, 0.5) is 0 Å². The van der Waals surface area contributed by atoms with E-state index in [2.05, 4.69) is 10.8 Å². The zero-order chi connectivity index (χ0) is 35.6. The predicted octanol–water partition coefficient (Wildman–Crippen LogP) is -1.10. The van der Waals surface area contributed by atoms with E-state index < -0.39 is 29.9 Å². The first kappa shape index (κ1) is 39.0. The van der Waals surface area contributed by atoms with Gasteiger partial charge in [-0.3, -0.25) is 48.4 Å². The molecule has 16 heteroatoms. The van der Waals surface area contributed by atoms with Gasteiger partial charge in [0.25, 0.3) is 5.91 Å². The highest BCUT2D eigenvalue weighted by atomic mass is 16.6. The summed E-state index contributed by atoms with van der Waals surface area (Å²) in [5.41, 5.74) is 11.0. The molecule has 1 heterocycles. The number of nitrogens with zero attached hydrogens (tertiary/aromatic N) is 4. The van der Waals surface area contributed by atoms with Gasteiger partial charge < -0.3 is 26.4 Å². The van der Waals surface area contributed by atoms with Crippen molar-refractivity contribution in [1.29, 1.82) is 0 Å². The van der Waals surface area contributed by atoms with Gasteiger partial charge in [-0.05, 0) is 23.1 Å². The van der Waals surface area contributed by atoms with Crippen LogP contribution in [0.3, 0.4) is 0 Å². The van der Waals surface area contributed by atoms with Gasteiger partial charge in [0.1, 0.15) is 0 Å². The number of amides is 2. The first-order valence-electron chi connectivity index (χ1n) is 16.1. The summed E-state index contributed by atoms with van der Waals surface area (Å²) in [5.74, 6) is -3.75. The topological polar surface area (TPSA) is 218 Å². The van der Waals surface area contributed by atoms with E-state index in [0.29, 0.717) is 52.4 Å². The van der Waals surface area contributed by atoms with Crippen molar-refractivity contribution in [2.75, 3.05) is 78.5 Å². The first-order chi connectivity index (χ1) is 23.5. The molecule has 1 atom stereocenters. The molecule has 7 N–H and O–H groups in total. The van der Waals surface area contributed by atoms with Crippen LogP contribution >= 0.6 is 0 Å². The fraction of sp³-hybridized carbons (Fsp3) is 0.485. The molecule has 0 aliphatic carbocycles. The summed E-state index contributed by atoms with van der Waals surface area (Å²) in [4.78, 5) is 71.9. The van der Waals surface area contributed by atoms with Gasteiger partial charge in [0, 0.05) is 58.9 Å². The second-order valence-electron chi connectivity index (χ2n) is 11.9. The quantitative estimate of drug-likeness (QED) is 0.116. The molecule has 1 aliphatic heterocycles. The van der Waals surface area contributed by atoms with Crippen LogP contribution in [0, 0.1) is 0 Å². The van der Waals surface area contributed by atoms with Crippen LogP contribution in [0.1, 0.15) is 16.7 Å². The van der Waals surface area contributed by atoms with E-state index >= 15 is 0 Å². The fourth-order valence-corrected chi connectivity index (χ4v) is 5.22. The molecule has 1 fully saturated rings. The smallest absolute Gasteiger partial charge is 0.317 e. The molecule has 0 aromatic heterocycles. The van der Waals surface area contributed by atoms with Crippen molar-refractivity contribution >= 4 is 29.7 Å². The Morgan fingerprint density at radius 2 is 1.06 bits per heavy atom. The number of hydroxylamine groups is 1. The van der Waals surface area contributed by atoms with E-state index in [9.17, 15) is 39.3 Å². The first-order valence-corrected chi connectivity index (χ1v) is 16.1. The van der Waals surface area contributed by atoms with Gasteiger partial charge in [-0.25, -0.2) is 5.48 Å². The van der Waals surface area contributed by atoms with Gasteiger partial charge in [0.2, 0.25) is 5.91 Å². The zero-order valence-electron chi connectivity index (χ0n) is 27.5. The molecule has 0 bridgehead atoms. The molecule has 0 saturated carbocycles. The highest BCUT2D eigenvalue weighted by Gasteiger charge is 2.21. The number of benzene rings is 2. The third-order valence-electron chi connectivity index (χ3n) is 7.93. The lowest BCUT2D eigenvalue weighted by Gasteiger charge is -2.32. The van der Waals surface area contributed by atoms with Crippen molar-refractivity contribution in [3.05, 3.63) is 71.3 Å². The van der Waals surface area contributed by atoms with E-state index in [1.807, 2.05) is 59.5 Å². The molecule has 1 saturated heterocycles. The summed E-state index contributed by atoms with van der Waals surface area (Å²) in [7, 11) is 0. The SMILES string of the molecule is NC(Cc1ccc(CNC(=O)CN2CCN(CC(=O)O)CCN(CC(=O)O)CCN(CC(=O)O)CC2)cc1)C(=O)NOCc1ccccc1. The normalized spacial score (nSPS) is 16.5.